The molecule has 17 heavy (non-hydrogen) atoms. The first-order valence-corrected chi connectivity index (χ1v) is 5.58. The Morgan fingerprint density at radius 3 is 2.41 bits per heavy atom. The van der Waals surface area contributed by atoms with Gasteiger partial charge < -0.3 is 0 Å². The Morgan fingerprint density at radius 1 is 1.35 bits per heavy atom. The quantitative estimate of drug-likeness (QED) is 0.750. The number of carbonyl (C=O) groups excluding carboxylic acids is 1. The molecule has 1 nitrogen and oxygen atoms in total. The molecule has 1 aliphatic rings. The highest BCUT2D eigenvalue weighted by molar-refractivity contribution is 6.61. The molecular formula is C11H7Cl2F3O. The molecule has 0 saturated heterocycles. The monoisotopic (exact) mass is 282 g/mol. The maximum Gasteiger partial charge on any atom is 0.266 e. The van der Waals surface area contributed by atoms with Crippen LogP contribution in [0.4, 0.5) is 13.2 Å². The summed E-state index contributed by atoms with van der Waals surface area (Å²) in [5.74, 6) is -1.90. The van der Waals surface area contributed by atoms with Crippen molar-refractivity contribution < 1.29 is 18.0 Å². The van der Waals surface area contributed by atoms with Gasteiger partial charge in [-0.3, -0.25) is 4.79 Å². The molecule has 1 saturated carbocycles. The van der Waals surface area contributed by atoms with Crippen molar-refractivity contribution >= 4 is 29.0 Å². The molecule has 0 bridgehead atoms. The molecule has 0 aliphatic heterocycles. The van der Waals surface area contributed by atoms with E-state index in [-0.39, 0.29) is 12.2 Å². The molecule has 0 spiro atoms. The fourth-order valence-electron chi connectivity index (χ4n) is 1.78. The zero-order valence-corrected chi connectivity index (χ0v) is 9.90. The third-order valence-corrected chi connectivity index (χ3v) is 3.81. The van der Waals surface area contributed by atoms with Gasteiger partial charge in [0.15, 0.2) is 10.1 Å². The minimum Gasteiger partial charge on any atom is -0.296 e. The summed E-state index contributed by atoms with van der Waals surface area (Å²) >= 11 is 11.5. The summed E-state index contributed by atoms with van der Waals surface area (Å²) in [6.07, 6.45) is -2.77. The van der Waals surface area contributed by atoms with Crippen molar-refractivity contribution in [3.63, 3.8) is 0 Å². The van der Waals surface area contributed by atoms with E-state index in [9.17, 15) is 18.0 Å². The van der Waals surface area contributed by atoms with E-state index in [0.717, 1.165) is 12.1 Å². The van der Waals surface area contributed by atoms with Crippen molar-refractivity contribution in [2.75, 3.05) is 0 Å². The maximum atomic E-state index is 13.3. The Hall–Kier alpha value is -0.740. The molecule has 0 heterocycles. The van der Waals surface area contributed by atoms with Gasteiger partial charge in [-0.25, -0.2) is 13.2 Å². The molecule has 1 fully saturated rings. The fraction of sp³-hybridized carbons (Fsp3) is 0.364. The van der Waals surface area contributed by atoms with Crippen molar-refractivity contribution in [3.8, 4) is 0 Å². The summed E-state index contributed by atoms with van der Waals surface area (Å²) < 4.78 is 36.4. The number of carbonyl (C=O) groups is 1. The largest absolute Gasteiger partial charge is 0.296 e. The minimum absolute atomic E-state index is 0.0977. The Morgan fingerprint density at radius 2 is 2.00 bits per heavy atom. The maximum absolute atomic E-state index is 13.3. The molecule has 1 unspecified atom stereocenters. The van der Waals surface area contributed by atoms with Gasteiger partial charge in [0, 0.05) is 12.3 Å². The lowest BCUT2D eigenvalue weighted by Crippen LogP contribution is -2.45. The number of halogens is 5. The van der Waals surface area contributed by atoms with E-state index in [4.69, 9.17) is 23.2 Å². The first-order valence-electron chi connectivity index (χ1n) is 4.82. The van der Waals surface area contributed by atoms with Crippen LogP contribution in [-0.2, 0) is 4.79 Å². The molecule has 2 rings (SSSR count). The Balaban J connectivity index is 2.31. The third-order valence-electron chi connectivity index (χ3n) is 2.86. The average Bonchev–Trinajstić information content (AvgIpc) is 2.25. The van der Waals surface area contributed by atoms with E-state index in [2.05, 4.69) is 0 Å². The van der Waals surface area contributed by atoms with Crippen LogP contribution in [0.1, 0.15) is 29.9 Å². The molecule has 6 heteroatoms. The zero-order valence-electron chi connectivity index (χ0n) is 8.39. The summed E-state index contributed by atoms with van der Waals surface area (Å²) in [4.78, 5) is 11.1. The van der Waals surface area contributed by atoms with Crippen molar-refractivity contribution in [1.82, 2.24) is 0 Å². The second-order valence-electron chi connectivity index (χ2n) is 3.88. The smallest absolute Gasteiger partial charge is 0.266 e. The summed E-state index contributed by atoms with van der Waals surface area (Å²) in [7, 11) is 0. The van der Waals surface area contributed by atoms with E-state index in [1.54, 1.807) is 0 Å². The van der Waals surface area contributed by atoms with Gasteiger partial charge in [0.2, 0.25) is 0 Å². The van der Waals surface area contributed by atoms with Crippen molar-refractivity contribution in [2.45, 2.75) is 23.1 Å². The van der Waals surface area contributed by atoms with Crippen LogP contribution in [0.3, 0.4) is 0 Å². The van der Waals surface area contributed by atoms with E-state index in [0.29, 0.717) is 5.56 Å². The van der Waals surface area contributed by atoms with E-state index in [1.165, 1.54) is 6.07 Å². The highest BCUT2D eigenvalue weighted by Crippen LogP contribution is 2.51. The van der Waals surface area contributed by atoms with Gasteiger partial charge in [0.1, 0.15) is 5.82 Å². The lowest BCUT2D eigenvalue weighted by Gasteiger charge is -2.38. The lowest BCUT2D eigenvalue weighted by atomic mass is 9.77. The highest BCUT2D eigenvalue weighted by atomic mass is 35.5. The second kappa shape index (κ2) is 4.18. The van der Waals surface area contributed by atoms with Crippen LogP contribution in [0.15, 0.2) is 18.2 Å². The van der Waals surface area contributed by atoms with Crippen LogP contribution < -0.4 is 0 Å². The average molecular weight is 283 g/mol. The highest BCUT2D eigenvalue weighted by Gasteiger charge is 2.53. The summed E-state index contributed by atoms with van der Waals surface area (Å²) in [6.45, 7) is 0. The molecular weight excluding hydrogens is 276 g/mol. The standard InChI is InChI=1S/C11H7Cl2F3O/c12-11(13)7(4-9(11)17)5-1-2-6(10(15)16)8(14)3-5/h1-3,7,10H,4H2. The van der Waals surface area contributed by atoms with Crippen LogP contribution in [0.2, 0.25) is 0 Å². The van der Waals surface area contributed by atoms with Crippen LogP contribution in [-0.4, -0.2) is 10.1 Å². The molecule has 1 aromatic carbocycles. The molecule has 0 aromatic heterocycles. The number of alkyl halides is 4. The van der Waals surface area contributed by atoms with Gasteiger partial charge in [-0.15, -0.1) is 0 Å². The molecule has 0 N–H and O–H groups in total. The fourth-order valence-corrected chi connectivity index (χ4v) is 2.34. The Labute approximate surface area is 106 Å². The van der Waals surface area contributed by atoms with Gasteiger partial charge in [0.05, 0.1) is 5.56 Å². The lowest BCUT2D eigenvalue weighted by molar-refractivity contribution is -0.125. The van der Waals surface area contributed by atoms with Crippen LogP contribution in [0, 0.1) is 5.82 Å². The van der Waals surface area contributed by atoms with Crippen molar-refractivity contribution in [3.05, 3.63) is 35.1 Å². The van der Waals surface area contributed by atoms with E-state index in [1.807, 2.05) is 0 Å². The summed E-state index contributed by atoms with van der Waals surface area (Å²) in [5.41, 5.74) is -0.314. The molecule has 0 radical (unpaired) electrons. The summed E-state index contributed by atoms with van der Waals surface area (Å²) in [6, 6.07) is 3.27. The number of benzene rings is 1. The number of hydrogen-bond donors (Lipinski definition) is 0. The summed E-state index contributed by atoms with van der Waals surface area (Å²) in [5, 5.41) is 0. The number of ketones is 1. The van der Waals surface area contributed by atoms with Crippen LogP contribution >= 0.6 is 23.2 Å². The number of rotatable bonds is 2. The first-order chi connectivity index (χ1) is 7.84. The third kappa shape index (κ3) is 2.04. The van der Waals surface area contributed by atoms with Gasteiger partial charge in [0.25, 0.3) is 6.43 Å². The van der Waals surface area contributed by atoms with E-state index >= 15 is 0 Å². The predicted molar refractivity (Wildman–Crippen MR) is 58.2 cm³/mol. The second-order valence-corrected chi connectivity index (χ2v) is 5.27. The predicted octanol–water partition coefficient (Wildman–Crippen LogP) is 3.99. The van der Waals surface area contributed by atoms with Gasteiger partial charge in [-0.2, -0.15) is 0 Å². The Bertz CT molecular complexity index is 474. The molecule has 1 atom stereocenters. The normalized spacial score (nSPS) is 22.7. The van der Waals surface area contributed by atoms with Gasteiger partial charge >= 0.3 is 0 Å². The molecule has 92 valence electrons. The van der Waals surface area contributed by atoms with Gasteiger partial charge in [-0.05, 0) is 11.6 Å². The minimum atomic E-state index is -2.87. The zero-order chi connectivity index (χ0) is 12.8. The van der Waals surface area contributed by atoms with Crippen LogP contribution in [0.5, 0.6) is 0 Å². The Kier molecular flexibility index (Phi) is 3.12. The SMILES string of the molecule is O=C1CC(c2ccc(C(F)F)c(F)c2)C1(Cl)Cl. The van der Waals surface area contributed by atoms with Gasteiger partial charge in [-0.1, -0.05) is 35.3 Å². The van der Waals surface area contributed by atoms with E-state index < -0.39 is 28.1 Å². The van der Waals surface area contributed by atoms with Crippen molar-refractivity contribution in [2.24, 2.45) is 0 Å². The first kappa shape index (κ1) is 12.7. The molecule has 0 amide bonds. The number of Topliss-reactive ketones (excluding diaryl/α,β-unsaturated/α-hetero) is 1. The molecule has 1 aromatic rings. The topological polar surface area (TPSA) is 17.1 Å². The molecule has 1 aliphatic carbocycles. The van der Waals surface area contributed by atoms with Crippen molar-refractivity contribution in [1.29, 1.82) is 0 Å². The van der Waals surface area contributed by atoms with Crippen LogP contribution in [0.25, 0.3) is 0 Å². The number of hydrogen-bond acceptors (Lipinski definition) is 1.